The number of ether oxygens (including phenoxy) is 3. The summed E-state index contributed by atoms with van der Waals surface area (Å²) in [5, 5.41) is 7.44. The van der Waals surface area contributed by atoms with Gasteiger partial charge in [-0.3, -0.25) is 0 Å². The number of carbonyl (C=O) groups is 1. The van der Waals surface area contributed by atoms with Gasteiger partial charge >= 0.3 is 5.97 Å². The number of unbranched alkanes of at least 4 members (excludes halogenated alkanes) is 2. The number of hydrogen-bond acceptors (Lipinski definition) is 7. The number of nitrogens with one attached hydrogen (secondary N) is 1. The summed E-state index contributed by atoms with van der Waals surface area (Å²) in [6.45, 7) is 5.23. The molecule has 8 nitrogen and oxygen atoms in total. The van der Waals surface area contributed by atoms with E-state index < -0.39 is 12.0 Å². The summed E-state index contributed by atoms with van der Waals surface area (Å²) in [6, 6.07) is 7.31. The maximum absolute atomic E-state index is 12.8. The third-order valence-corrected chi connectivity index (χ3v) is 4.75. The highest BCUT2D eigenvalue weighted by Crippen LogP contribution is 2.35. The zero-order chi connectivity index (χ0) is 20.6. The lowest BCUT2D eigenvalue weighted by Gasteiger charge is -2.28. The minimum absolute atomic E-state index is 0.188. The number of anilines is 1. The van der Waals surface area contributed by atoms with E-state index >= 15 is 0 Å². The highest BCUT2D eigenvalue weighted by Gasteiger charge is 2.34. The van der Waals surface area contributed by atoms with Gasteiger partial charge in [0, 0.05) is 12.8 Å². The number of allylic oxidation sites excluding steroid dienone is 1. The normalized spacial score (nSPS) is 15.6. The fraction of sp³-hybridized carbons (Fsp3) is 0.476. The van der Waals surface area contributed by atoms with Crippen LogP contribution in [0.4, 0.5) is 5.95 Å². The number of rotatable bonds is 10. The van der Waals surface area contributed by atoms with Crippen molar-refractivity contribution in [2.75, 3.05) is 32.2 Å². The Morgan fingerprint density at radius 2 is 1.97 bits per heavy atom. The fourth-order valence-electron chi connectivity index (χ4n) is 3.25. The molecular weight excluding hydrogens is 372 g/mol. The SMILES string of the molecule is CCCCCOc1ccc([C@@H]2C(C(=O)OCCOC)=C(C)Nc3ncnn32)cc1. The number of hydrogen-bond donors (Lipinski definition) is 1. The van der Waals surface area contributed by atoms with Crippen molar-refractivity contribution in [2.45, 2.75) is 39.2 Å². The first-order chi connectivity index (χ1) is 14.2. The van der Waals surface area contributed by atoms with Crippen LogP contribution >= 0.6 is 0 Å². The van der Waals surface area contributed by atoms with Crippen molar-refractivity contribution >= 4 is 11.9 Å². The van der Waals surface area contributed by atoms with Crippen LogP contribution in [0.5, 0.6) is 5.75 Å². The lowest BCUT2D eigenvalue weighted by Crippen LogP contribution is -2.30. The van der Waals surface area contributed by atoms with E-state index in [2.05, 4.69) is 22.3 Å². The molecule has 1 N–H and O–H groups in total. The Labute approximate surface area is 170 Å². The van der Waals surface area contributed by atoms with E-state index in [0.29, 0.717) is 30.4 Å². The molecule has 1 aromatic heterocycles. The Hall–Kier alpha value is -2.87. The van der Waals surface area contributed by atoms with Gasteiger partial charge in [0.05, 0.1) is 18.8 Å². The zero-order valence-corrected chi connectivity index (χ0v) is 17.2. The molecule has 0 amide bonds. The van der Waals surface area contributed by atoms with E-state index in [0.717, 1.165) is 30.6 Å². The quantitative estimate of drug-likeness (QED) is 0.483. The smallest absolute Gasteiger partial charge is 0.338 e. The van der Waals surface area contributed by atoms with Crippen molar-refractivity contribution < 1.29 is 19.0 Å². The van der Waals surface area contributed by atoms with Gasteiger partial charge in [-0.1, -0.05) is 31.9 Å². The molecule has 156 valence electrons. The molecule has 0 bridgehead atoms. The van der Waals surface area contributed by atoms with Gasteiger partial charge in [-0.2, -0.15) is 10.1 Å². The van der Waals surface area contributed by atoms with Gasteiger partial charge in [0.25, 0.3) is 0 Å². The van der Waals surface area contributed by atoms with Crippen LogP contribution in [0.15, 0.2) is 41.9 Å². The van der Waals surface area contributed by atoms with Crippen LogP contribution in [-0.2, 0) is 14.3 Å². The Balaban J connectivity index is 1.83. The Morgan fingerprint density at radius 3 is 2.69 bits per heavy atom. The van der Waals surface area contributed by atoms with E-state index in [1.165, 1.54) is 6.33 Å². The Bertz CT molecular complexity index is 845. The third-order valence-electron chi connectivity index (χ3n) is 4.75. The molecule has 0 saturated heterocycles. The van der Waals surface area contributed by atoms with Gasteiger partial charge < -0.3 is 19.5 Å². The summed E-state index contributed by atoms with van der Waals surface area (Å²) < 4.78 is 17.9. The molecule has 0 radical (unpaired) electrons. The zero-order valence-electron chi connectivity index (χ0n) is 17.2. The summed E-state index contributed by atoms with van der Waals surface area (Å²) in [6.07, 6.45) is 4.81. The van der Waals surface area contributed by atoms with E-state index in [1.54, 1.807) is 11.8 Å². The summed E-state index contributed by atoms with van der Waals surface area (Å²) in [7, 11) is 1.57. The van der Waals surface area contributed by atoms with E-state index in [-0.39, 0.29) is 6.61 Å². The van der Waals surface area contributed by atoms with Crippen LogP contribution < -0.4 is 10.1 Å². The summed E-state index contributed by atoms with van der Waals surface area (Å²) >= 11 is 0. The van der Waals surface area contributed by atoms with Crippen molar-refractivity contribution in [3.63, 3.8) is 0 Å². The van der Waals surface area contributed by atoms with Gasteiger partial charge in [-0.15, -0.1) is 0 Å². The molecule has 0 spiro atoms. The first-order valence-corrected chi connectivity index (χ1v) is 9.91. The van der Waals surface area contributed by atoms with Crippen LogP contribution in [-0.4, -0.2) is 47.7 Å². The molecule has 2 aromatic rings. The van der Waals surface area contributed by atoms with Gasteiger partial charge in [-0.05, 0) is 31.0 Å². The van der Waals surface area contributed by atoms with Crippen LogP contribution in [0.25, 0.3) is 0 Å². The topological polar surface area (TPSA) is 87.5 Å². The van der Waals surface area contributed by atoms with Crippen LogP contribution in [0.2, 0.25) is 0 Å². The minimum atomic E-state index is -0.432. The van der Waals surface area contributed by atoms with Crippen LogP contribution in [0.1, 0.15) is 44.7 Å². The molecule has 0 saturated carbocycles. The summed E-state index contributed by atoms with van der Waals surface area (Å²) in [5.74, 6) is 0.987. The first kappa shape index (κ1) is 20.9. The maximum Gasteiger partial charge on any atom is 0.338 e. The molecule has 1 atom stereocenters. The lowest BCUT2D eigenvalue weighted by molar-refractivity contribution is -0.140. The molecule has 3 rings (SSSR count). The second-order valence-electron chi connectivity index (χ2n) is 6.85. The fourth-order valence-corrected chi connectivity index (χ4v) is 3.25. The van der Waals surface area contributed by atoms with Crippen molar-refractivity contribution in [3.8, 4) is 5.75 Å². The van der Waals surface area contributed by atoms with Gasteiger partial charge in [0.1, 0.15) is 24.7 Å². The van der Waals surface area contributed by atoms with Gasteiger partial charge in [-0.25, -0.2) is 9.48 Å². The standard InChI is InChI=1S/C21H28N4O4/c1-4-5-6-11-28-17-9-7-16(8-10-17)19-18(20(26)29-13-12-27-3)15(2)24-21-22-14-23-25(19)21/h7-10,14,19H,4-6,11-13H2,1-3H3,(H,22,23,24)/t19-/m1/s1. The number of nitrogens with zero attached hydrogens (tertiary/aromatic N) is 3. The number of methoxy groups -OCH3 is 1. The molecule has 1 aromatic carbocycles. The number of carbonyl (C=O) groups excluding carboxylic acids is 1. The second kappa shape index (κ2) is 10.1. The van der Waals surface area contributed by atoms with Gasteiger partial charge in [0.2, 0.25) is 5.95 Å². The average Bonchev–Trinajstić information content (AvgIpc) is 3.19. The summed E-state index contributed by atoms with van der Waals surface area (Å²) in [5.41, 5.74) is 2.09. The van der Waals surface area contributed by atoms with Gasteiger partial charge in [0.15, 0.2) is 0 Å². The lowest BCUT2D eigenvalue weighted by atomic mass is 9.96. The van der Waals surface area contributed by atoms with E-state index in [9.17, 15) is 4.79 Å². The molecule has 1 aliphatic rings. The molecule has 0 aliphatic carbocycles. The predicted octanol–water partition coefficient (Wildman–Crippen LogP) is 3.33. The molecule has 1 aliphatic heterocycles. The summed E-state index contributed by atoms with van der Waals surface area (Å²) in [4.78, 5) is 17.0. The van der Waals surface area contributed by atoms with Crippen LogP contribution in [0.3, 0.4) is 0 Å². The third kappa shape index (κ3) is 4.95. The van der Waals surface area contributed by atoms with Crippen molar-refractivity contribution in [3.05, 3.63) is 47.4 Å². The highest BCUT2D eigenvalue weighted by atomic mass is 16.6. The number of esters is 1. The highest BCUT2D eigenvalue weighted by molar-refractivity contribution is 5.92. The molecule has 0 unspecified atom stereocenters. The largest absolute Gasteiger partial charge is 0.494 e. The molecule has 29 heavy (non-hydrogen) atoms. The molecule has 2 heterocycles. The molecular formula is C21H28N4O4. The number of aromatic nitrogens is 3. The first-order valence-electron chi connectivity index (χ1n) is 9.91. The number of fused-ring (bicyclic) bond motifs is 1. The van der Waals surface area contributed by atoms with Crippen molar-refractivity contribution in [1.29, 1.82) is 0 Å². The monoisotopic (exact) mass is 400 g/mol. The second-order valence-corrected chi connectivity index (χ2v) is 6.85. The molecule has 8 heteroatoms. The number of benzene rings is 1. The van der Waals surface area contributed by atoms with E-state index in [4.69, 9.17) is 14.2 Å². The Morgan fingerprint density at radius 1 is 1.17 bits per heavy atom. The maximum atomic E-state index is 12.8. The minimum Gasteiger partial charge on any atom is -0.494 e. The molecule has 0 fully saturated rings. The van der Waals surface area contributed by atoms with Crippen molar-refractivity contribution in [1.82, 2.24) is 14.8 Å². The van der Waals surface area contributed by atoms with E-state index in [1.807, 2.05) is 31.2 Å². The Kier molecular flexibility index (Phi) is 7.24. The van der Waals surface area contributed by atoms with Crippen molar-refractivity contribution in [2.24, 2.45) is 0 Å². The average molecular weight is 400 g/mol. The van der Waals surface area contributed by atoms with Crippen LogP contribution in [0, 0.1) is 0 Å². The predicted molar refractivity (Wildman–Crippen MR) is 109 cm³/mol.